The Morgan fingerprint density at radius 3 is 2.86 bits per heavy atom. The minimum atomic E-state index is -0.501. The number of ether oxygens (including phenoxy) is 1. The molecule has 0 radical (unpaired) electrons. The van der Waals surface area contributed by atoms with E-state index in [2.05, 4.69) is 5.32 Å². The molecule has 2 amide bonds. The normalized spacial score (nSPS) is 18.2. The number of hydrogen-bond acceptors (Lipinski definition) is 4. The van der Waals surface area contributed by atoms with Crippen LogP contribution in [-0.2, 0) is 0 Å². The molecule has 114 valence electrons. The van der Waals surface area contributed by atoms with E-state index in [1.165, 1.54) is 25.3 Å². The SMILES string of the molecule is COc1ccc([N+](=O)[O-])cc1NC(=O)N1CCCC[C@@H]1C. The summed E-state index contributed by atoms with van der Waals surface area (Å²) in [5.41, 5.74) is 0.229. The standard InChI is InChI=1S/C14H19N3O4/c1-10-5-3-4-8-16(10)14(18)15-12-9-11(17(19)20)6-7-13(12)21-2/h6-7,9-10H,3-5,8H2,1-2H3,(H,15,18)/t10-/m0/s1. The Morgan fingerprint density at radius 1 is 1.48 bits per heavy atom. The molecule has 1 saturated heterocycles. The summed E-state index contributed by atoms with van der Waals surface area (Å²) >= 11 is 0. The quantitative estimate of drug-likeness (QED) is 0.685. The first kappa shape index (κ1) is 15.1. The van der Waals surface area contributed by atoms with E-state index < -0.39 is 4.92 Å². The molecule has 0 spiro atoms. The van der Waals surface area contributed by atoms with Crippen LogP contribution in [0.2, 0.25) is 0 Å². The zero-order chi connectivity index (χ0) is 15.4. The van der Waals surface area contributed by atoms with Gasteiger partial charge < -0.3 is 15.0 Å². The third kappa shape index (κ3) is 3.42. The first-order valence-electron chi connectivity index (χ1n) is 6.93. The highest BCUT2D eigenvalue weighted by atomic mass is 16.6. The molecule has 0 aromatic heterocycles. The molecule has 2 rings (SSSR count). The van der Waals surface area contributed by atoms with Gasteiger partial charge in [-0.05, 0) is 32.3 Å². The van der Waals surface area contributed by atoms with Gasteiger partial charge in [0.1, 0.15) is 5.75 Å². The number of carbonyl (C=O) groups is 1. The summed E-state index contributed by atoms with van der Waals surface area (Å²) in [6, 6.07) is 4.06. The van der Waals surface area contributed by atoms with Gasteiger partial charge in [-0.1, -0.05) is 0 Å². The molecule has 1 atom stereocenters. The van der Waals surface area contributed by atoms with Gasteiger partial charge in [0.15, 0.2) is 0 Å². The molecular formula is C14H19N3O4. The first-order chi connectivity index (χ1) is 10.0. The Bertz CT molecular complexity index is 547. The molecule has 1 fully saturated rings. The zero-order valence-electron chi connectivity index (χ0n) is 12.2. The van der Waals surface area contributed by atoms with Gasteiger partial charge in [0, 0.05) is 24.7 Å². The summed E-state index contributed by atoms with van der Waals surface area (Å²) in [7, 11) is 1.46. The molecule has 7 nitrogen and oxygen atoms in total. The molecule has 1 N–H and O–H groups in total. The monoisotopic (exact) mass is 293 g/mol. The smallest absolute Gasteiger partial charge is 0.322 e. The number of nitrogens with zero attached hydrogens (tertiary/aromatic N) is 2. The number of nitrogens with one attached hydrogen (secondary N) is 1. The van der Waals surface area contributed by atoms with Crippen molar-refractivity contribution in [2.75, 3.05) is 19.0 Å². The number of likely N-dealkylation sites (tertiary alicyclic amines) is 1. The summed E-state index contributed by atoms with van der Waals surface area (Å²) in [6.45, 7) is 2.70. The van der Waals surface area contributed by atoms with Crippen molar-refractivity contribution < 1.29 is 14.5 Å². The Labute approximate surface area is 123 Å². The van der Waals surface area contributed by atoms with Crippen LogP contribution in [0.15, 0.2) is 18.2 Å². The van der Waals surface area contributed by atoms with Crippen LogP contribution < -0.4 is 10.1 Å². The van der Waals surface area contributed by atoms with Crippen molar-refractivity contribution in [2.24, 2.45) is 0 Å². The lowest BCUT2D eigenvalue weighted by Gasteiger charge is -2.33. The molecule has 1 aliphatic heterocycles. The zero-order valence-corrected chi connectivity index (χ0v) is 12.2. The number of nitro groups is 1. The number of anilines is 1. The van der Waals surface area contributed by atoms with E-state index in [1.807, 2.05) is 6.92 Å². The second kappa shape index (κ2) is 6.43. The molecule has 1 aromatic carbocycles. The average molecular weight is 293 g/mol. The molecule has 21 heavy (non-hydrogen) atoms. The highest BCUT2D eigenvalue weighted by Gasteiger charge is 2.24. The number of urea groups is 1. The Balaban J connectivity index is 2.19. The first-order valence-corrected chi connectivity index (χ1v) is 6.93. The number of benzene rings is 1. The lowest BCUT2D eigenvalue weighted by atomic mass is 10.0. The van der Waals surface area contributed by atoms with Crippen LogP contribution in [-0.4, -0.2) is 35.6 Å². The molecule has 1 aliphatic rings. The van der Waals surface area contributed by atoms with Crippen LogP contribution in [0, 0.1) is 10.1 Å². The van der Waals surface area contributed by atoms with Crippen molar-refractivity contribution in [3.8, 4) is 5.75 Å². The molecule has 0 saturated carbocycles. The Morgan fingerprint density at radius 2 is 2.24 bits per heavy atom. The summed E-state index contributed by atoms with van der Waals surface area (Å²) in [4.78, 5) is 24.4. The number of piperidine rings is 1. The molecular weight excluding hydrogens is 274 g/mol. The average Bonchev–Trinajstić information content (AvgIpc) is 2.47. The minimum absolute atomic E-state index is 0.0854. The largest absolute Gasteiger partial charge is 0.495 e. The number of carbonyl (C=O) groups excluding carboxylic acids is 1. The number of non-ortho nitro benzene ring substituents is 1. The van der Waals surface area contributed by atoms with Gasteiger partial charge in [0.25, 0.3) is 5.69 Å². The van der Waals surface area contributed by atoms with Crippen LogP contribution in [0.5, 0.6) is 5.75 Å². The highest BCUT2D eigenvalue weighted by molar-refractivity contribution is 5.91. The molecule has 0 unspecified atom stereocenters. The van der Waals surface area contributed by atoms with E-state index in [0.29, 0.717) is 18.0 Å². The predicted octanol–water partition coefficient (Wildman–Crippen LogP) is 3.01. The van der Waals surface area contributed by atoms with E-state index in [4.69, 9.17) is 4.74 Å². The summed E-state index contributed by atoms with van der Waals surface area (Å²) in [5, 5.41) is 13.5. The fourth-order valence-corrected chi connectivity index (χ4v) is 2.49. The second-order valence-electron chi connectivity index (χ2n) is 5.11. The Kier molecular flexibility index (Phi) is 4.62. The van der Waals surface area contributed by atoms with Gasteiger partial charge in [-0.3, -0.25) is 10.1 Å². The molecule has 0 bridgehead atoms. The Hall–Kier alpha value is -2.31. The van der Waals surface area contributed by atoms with Crippen molar-refractivity contribution in [1.82, 2.24) is 4.90 Å². The van der Waals surface area contributed by atoms with E-state index >= 15 is 0 Å². The van der Waals surface area contributed by atoms with Gasteiger partial charge in [-0.25, -0.2) is 4.79 Å². The van der Waals surface area contributed by atoms with Crippen LogP contribution in [0.1, 0.15) is 26.2 Å². The molecule has 7 heteroatoms. The number of nitro benzene ring substituents is 1. The third-order valence-corrected chi connectivity index (χ3v) is 3.70. The highest BCUT2D eigenvalue weighted by Crippen LogP contribution is 2.29. The molecule has 0 aliphatic carbocycles. The number of rotatable bonds is 3. The minimum Gasteiger partial charge on any atom is -0.495 e. The third-order valence-electron chi connectivity index (χ3n) is 3.70. The van der Waals surface area contributed by atoms with Gasteiger partial charge in [0.2, 0.25) is 0 Å². The molecule has 1 aromatic rings. The topological polar surface area (TPSA) is 84.7 Å². The van der Waals surface area contributed by atoms with E-state index in [1.54, 1.807) is 4.90 Å². The van der Waals surface area contributed by atoms with Crippen LogP contribution >= 0.6 is 0 Å². The van der Waals surface area contributed by atoms with Gasteiger partial charge in [0.05, 0.1) is 17.7 Å². The van der Waals surface area contributed by atoms with Crippen molar-refractivity contribution in [3.05, 3.63) is 28.3 Å². The summed E-state index contributed by atoms with van der Waals surface area (Å²) in [6.07, 6.45) is 3.06. The maximum absolute atomic E-state index is 12.3. The van der Waals surface area contributed by atoms with E-state index in [-0.39, 0.29) is 17.8 Å². The van der Waals surface area contributed by atoms with Gasteiger partial charge in [-0.2, -0.15) is 0 Å². The fourth-order valence-electron chi connectivity index (χ4n) is 2.49. The number of amides is 2. The van der Waals surface area contributed by atoms with Crippen molar-refractivity contribution >= 4 is 17.4 Å². The van der Waals surface area contributed by atoms with Crippen molar-refractivity contribution in [3.63, 3.8) is 0 Å². The predicted molar refractivity (Wildman–Crippen MR) is 78.7 cm³/mol. The maximum Gasteiger partial charge on any atom is 0.322 e. The summed E-state index contributed by atoms with van der Waals surface area (Å²) < 4.78 is 5.14. The van der Waals surface area contributed by atoms with Gasteiger partial charge in [-0.15, -0.1) is 0 Å². The van der Waals surface area contributed by atoms with Gasteiger partial charge >= 0.3 is 6.03 Å². The fraction of sp³-hybridized carbons (Fsp3) is 0.500. The molecule has 1 heterocycles. The van der Waals surface area contributed by atoms with Crippen LogP contribution in [0.4, 0.5) is 16.2 Å². The summed E-state index contributed by atoms with van der Waals surface area (Å²) in [5.74, 6) is 0.401. The van der Waals surface area contributed by atoms with Crippen LogP contribution in [0.3, 0.4) is 0 Å². The second-order valence-corrected chi connectivity index (χ2v) is 5.11. The lowest BCUT2D eigenvalue weighted by molar-refractivity contribution is -0.384. The number of methoxy groups -OCH3 is 1. The van der Waals surface area contributed by atoms with Crippen molar-refractivity contribution in [1.29, 1.82) is 0 Å². The maximum atomic E-state index is 12.3. The van der Waals surface area contributed by atoms with Crippen molar-refractivity contribution in [2.45, 2.75) is 32.2 Å². The van der Waals surface area contributed by atoms with Crippen LogP contribution in [0.25, 0.3) is 0 Å². The van der Waals surface area contributed by atoms with E-state index in [0.717, 1.165) is 19.3 Å². The number of hydrogen-bond donors (Lipinski definition) is 1. The lowest BCUT2D eigenvalue weighted by Crippen LogP contribution is -2.44. The van der Waals surface area contributed by atoms with E-state index in [9.17, 15) is 14.9 Å².